The van der Waals surface area contributed by atoms with Crippen molar-refractivity contribution >= 4 is 29.2 Å². The molecule has 0 radical (unpaired) electrons. The summed E-state index contributed by atoms with van der Waals surface area (Å²) in [6, 6.07) is 0.917. The summed E-state index contributed by atoms with van der Waals surface area (Å²) >= 11 is 6.05. The Kier molecular flexibility index (Phi) is 7.15. The second-order valence-corrected chi connectivity index (χ2v) is 9.43. The summed E-state index contributed by atoms with van der Waals surface area (Å²) in [4.78, 5) is 33.9. The number of halogens is 4. The van der Waals surface area contributed by atoms with Crippen molar-refractivity contribution in [1.82, 2.24) is 14.8 Å². The topological polar surface area (TPSA) is 56.8 Å². The minimum atomic E-state index is -4.46. The molecule has 2 amide bonds. The Hall–Kier alpha value is -1.87. The molecule has 0 aromatic carbocycles. The van der Waals surface area contributed by atoms with E-state index in [1.807, 2.05) is 18.7 Å². The number of likely N-dealkylation sites (tertiary alicyclic amines) is 1. The van der Waals surface area contributed by atoms with Gasteiger partial charge in [0.15, 0.2) is 0 Å². The van der Waals surface area contributed by atoms with Gasteiger partial charge in [-0.15, -0.1) is 0 Å². The number of carbonyl (C=O) groups is 2. The molecular weight excluding hydrogens is 433 g/mol. The first-order chi connectivity index (χ1) is 14.5. The summed E-state index contributed by atoms with van der Waals surface area (Å²) in [5.41, 5.74) is -1.11. The van der Waals surface area contributed by atoms with Crippen molar-refractivity contribution in [3.05, 3.63) is 22.8 Å². The van der Waals surface area contributed by atoms with Crippen LogP contribution in [0.25, 0.3) is 0 Å². The van der Waals surface area contributed by atoms with Gasteiger partial charge in [0.25, 0.3) is 0 Å². The number of unbranched alkanes of at least 4 members (excludes halogenated alkanes) is 1. The van der Waals surface area contributed by atoms with Crippen LogP contribution in [-0.2, 0) is 15.8 Å². The number of anilines is 1. The summed E-state index contributed by atoms with van der Waals surface area (Å²) in [6.45, 7) is 7.90. The first-order valence-corrected chi connectivity index (χ1v) is 10.9. The summed E-state index contributed by atoms with van der Waals surface area (Å²) in [7, 11) is 0. The smallest absolute Gasteiger partial charge is 0.353 e. The fraction of sp³-hybridized carbons (Fsp3) is 0.667. The van der Waals surface area contributed by atoms with E-state index in [1.165, 1.54) is 4.90 Å². The number of carbonyl (C=O) groups excluding carboxylic acids is 2. The summed E-state index contributed by atoms with van der Waals surface area (Å²) < 4.78 is 38.3. The number of piperidine rings is 1. The maximum Gasteiger partial charge on any atom is 0.417 e. The molecule has 0 bridgehead atoms. The third-order valence-electron chi connectivity index (χ3n) is 5.79. The summed E-state index contributed by atoms with van der Waals surface area (Å²) in [6.07, 6.45) is -1.22. The number of aromatic nitrogens is 1. The Morgan fingerprint density at radius 2 is 1.61 bits per heavy atom. The van der Waals surface area contributed by atoms with Crippen LogP contribution in [0.3, 0.4) is 0 Å². The van der Waals surface area contributed by atoms with E-state index in [2.05, 4.69) is 9.88 Å². The number of rotatable bonds is 6. The lowest BCUT2D eigenvalue weighted by molar-refractivity contribution is -0.152. The lowest BCUT2D eigenvalue weighted by atomic mass is 9.82. The van der Waals surface area contributed by atoms with Crippen LogP contribution >= 0.6 is 11.6 Å². The number of nitrogens with zero attached hydrogens (tertiary/aromatic N) is 4. The highest BCUT2D eigenvalue weighted by Crippen LogP contribution is 2.34. The largest absolute Gasteiger partial charge is 0.417 e. The minimum Gasteiger partial charge on any atom is -0.353 e. The zero-order valence-corrected chi connectivity index (χ0v) is 18.6. The van der Waals surface area contributed by atoms with Crippen molar-refractivity contribution in [2.24, 2.45) is 5.41 Å². The molecule has 0 atom stereocenters. The highest BCUT2D eigenvalue weighted by atomic mass is 35.5. The third-order valence-corrected chi connectivity index (χ3v) is 6.07. The van der Waals surface area contributed by atoms with Crippen molar-refractivity contribution < 1.29 is 22.8 Å². The van der Waals surface area contributed by atoms with Gasteiger partial charge in [-0.05, 0) is 30.9 Å². The maximum absolute atomic E-state index is 12.8. The second kappa shape index (κ2) is 9.32. The molecule has 6 nitrogen and oxygen atoms in total. The van der Waals surface area contributed by atoms with E-state index in [0.29, 0.717) is 38.3 Å². The van der Waals surface area contributed by atoms with E-state index in [0.717, 1.165) is 44.7 Å². The average Bonchev–Trinajstić information content (AvgIpc) is 2.66. The molecule has 1 aromatic rings. The van der Waals surface area contributed by atoms with Crippen LogP contribution in [0.2, 0.25) is 5.02 Å². The van der Waals surface area contributed by atoms with Crippen molar-refractivity contribution in [2.75, 3.05) is 44.2 Å². The minimum absolute atomic E-state index is 0.00215. The number of pyridine rings is 1. The number of imide groups is 1. The van der Waals surface area contributed by atoms with E-state index in [9.17, 15) is 22.8 Å². The van der Waals surface area contributed by atoms with Crippen molar-refractivity contribution in [1.29, 1.82) is 0 Å². The van der Waals surface area contributed by atoms with Gasteiger partial charge in [-0.1, -0.05) is 25.4 Å². The predicted octanol–water partition coefficient (Wildman–Crippen LogP) is 3.83. The standard InChI is InChI=1S/C21H28ClF3N4O2/c1-20(2)12-17(30)29(18(31)13-20)6-4-3-5-27-7-9-28(10-8-27)19-16(22)11-15(14-26-19)21(23,24)25/h11,14H,3-10,12-13H2,1-2H3. The van der Waals surface area contributed by atoms with E-state index in [-0.39, 0.29) is 22.3 Å². The number of hydrogen-bond donors (Lipinski definition) is 0. The number of amides is 2. The van der Waals surface area contributed by atoms with Crippen LogP contribution < -0.4 is 4.90 Å². The maximum atomic E-state index is 12.8. The zero-order chi connectivity index (χ0) is 22.8. The van der Waals surface area contributed by atoms with Crippen molar-refractivity contribution in [2.45, 2.75) is 45.7 Å². The molecular formula is C21H28ClF3N4O2. The molecule has 0 N–H and O–H groups in total. The molecule has 3 heterocycles. The molecule has 0 saturated carbocycles. The number of piperazine rings is 1. The van der Waals surface area contributed by atoms with Crippen LogP contribution in [-0.4, -0.2) is 65.9 Å². The van der Waals surface area contributed by atoms with Crippen LogP contribution in [0.15, 0.2) is 12.3 Å². The summed E-state index contributed by atoms with van der Waals surface area (Å²) in [5.74, 6) is 0.200. The van der Waals surface area contributed by atoms with E-state index >= 15 is 0 Å². The van der Waals surface area contributed by atoms with Crippen molar-refractivity contribution in [3.63, 3.8) is 0 Å². The highest BCUT2D eigenvalue weighted by Gasteiger charge is 2.37. The predicted molar refractivity (Wildman–Crippen MR) is 112 cm³/mol. The first kappa shape index (κ1) is 23.8. The van der Waals surface area contributed by atoms with Gasteiger partial charge in [-0.3, -0.25) is 19.4 Å². The molecule has 0 unspecified atom stereocenters. The Balaban J connectivity index is 1.41. The molecule has 2 saturated heterocycles. The Morgan fingerprint density at radius 1 is 1.03 bits per heavy atom. The van der Waals surface area contributed by atoms with Gasteiger partial charge in [0.2, 0.25) is 11.8 Å². The van der Waals surface area contributed by atoms with Crippen LogP contribution in [0.4, 0.5) is 19.0 Å². The Morgan fingerprint density at radius 3 is 2.16 bits per heavy atom. The van der Waals surface area contributed by atoms with Gasteiger partial charge in [0.1, 0.15) is 5.82 Å². The lowest BCUT2D eigenvalue weighted by Crippen LogP contribution is -2.47. The average molecular weight is 461 g/mol. The Bertz CT molecular complexity index is 803. The molecule has 2 fully saturated rings. The lowest BCUT2D eigenvalue weighted by Gasteiger charge is -2.36. The molecule has 2 aliphatic rings. The van der Waals surface area contributed by atoms with Crippen LogP contribution in [0, 0.1) is 5.41 Å². The van der Waals surface area contributed by atoms with Gasteiger partial charge in [0.05, 0.1) is 10.6 Å². The Labute approximate surface area is 185 Å². The highest BCUT2D eigenvalue weighted by molar-refractivity contribution is 6.33. The zero-order valence-electron chi connectivity index (χ0n) is 17.8. The number of alkyl halides is 3. The fourth-order valence-corrected chi connectivity index (χ4v) is 4.35. The first-order valence-electron chi connectivity index (χ1n) is 10.5. The van der Waals surface area contributed by atoms with Gasteiger partial charge in [0, 0.05) is 51.8 Å². The molecule has 172 valence electrons. The fourth-order valence-electron chi connectivity index (χ4n) is 4.07. The van der Waals surface area contributed by atoms with E-state index < -0.39 is 11.7 Å². The van der Waals surface area contributed by atoms with Gasteiger partial charge in [-0.2, -0.15) is 13.2 Å². The molecule has 2 aliphatic heterocycles. The molecule has 3 rings (SSSR count). The summed E-state index contributed by atoms with van der Waals surface area (Å²) in [5, 5.41) is 0.00215. The third kappa shape index (κ3) is 6.10. The molecule has 31 heavy (non-hydrogen) atoms. The SMILES string of the molecule is CC1(C)CC(=O)N(CCCCN2CCN(c3ncc(C(F)(F)F)cc3Cl)CC2)C(=O)C1. The van der Waals surface area contributed by atoms with E-state index in [4.69, 9.17) is 11.6 Å². The van der Waals surface area contributed by atoms with Gasteiger partial charge < -0.3 is 4.90 Å². The van der Waals surface area contributed by atoms with Gasteiger partial charge >= 0.3 is 6.18 Å². The number of hydrogen-bond acceptors (Lipinski definition) is 5. The van der Waals surface area contributed by atoms with Crippen molar-refractivity contribution in [3.8, 4) is 0 Å². The normalized spacial score (nSPS) is 20.5. The van der Waals surface area contributed by atoms with Gasteiger partial charge in [-0.25, -0.2) is 4.98 Å². The second-order valence-electron chi connectivity index (χ2n) is 9.02. The molecule has 10 heteroatoms. The van der Waals surface area contributed by atoms with Crippen LogP contribution in [0.1, 0.15) is 45.1 Å². The van der Waals surface area contributed by atoms with Crippen LogP contribution in [0.5, 0.6) is 0 Å². The van der Waals surface area contributed by atoms with E-state index in [1.54, 1.807) is 0 Å². The molecule has 0 aliphatic carbocycles. The molecule has 1 aromatic heterocycles. The monoisotopic (exact) mass is 460 g/mol. The quantitative estimate of drug-likeness (QED) is 0.477. The molecule has 0 spiro atoms.